The highest BCUT2D eigenvalue weighted by molar-refractivity contribution is 5.15. The fraction of sp³-hybridized carbons (Fsp3) is 0.714. The van der Waals surface area contributed by atoms with E-state index < -0.39 is 0 Å². The summed E-state index contributed by atoms with van der Waals surface area (Å²) in [7, 11) is 0. The Labute approximate surface area is 99.4 Å². The number of rotatable bonds is 7. The highest BCUT2D eigenvalue weighted by atomic mass is 16.3. The molecular weight excluding hydrogens is 198 g/mol. The Morgan fingerprint density at radius 3 is 2.50 bits per heavy atom. The first-order valence-corrected chi connectivity index (χ1v) is 6.40. The van der Waals surface area contributed by atoms with Crippen molar-refractivity contribution in [1.29, 1.82) is 0 Å². The lowest BCUT2D eigenvalue weighted by Gasteiger charge is -2.22. The van der Waals surface area contributed by atoms with Crippen LogP contribution in [0.25, 0.3) is 0 Å². The first-order valence-electron chi connectivity index (χ1n) is 6.40. The minimum Gasteiger partial charge on any atom is -0.466 e. The van der Waals surface area contributed by atoms with Gasteiger partial charge >= 0.3 is 0 Å². The molecule has 0 aliphatic heterocycles. The van der Waals surface area contributed by atoms with Gasteiger partial charge in [-0.05, 0) is 38.1 Å². The molecular formula is C14H25NO. The van der Waals surface area contributed by atoms with Gasteiger partial charge in [0.15, 0.2) is 0 Å². The Kier molecular flexibility index (Phi) is 5.07. The third-order valence-corrected chi connectivity index (χ3v) is 3.03. The lowest BCUT2D eigenvalue weighted by atomic mass is 9.86. The quantitative estimate of drug-likeness (QED) is 0.716. The molecule has 0 saturated carbocycles. The fourth-order valence-corrected chi connectivity index (χ4v) is 1.76. The molecule has 0 unspecified atom stereocenters. The molecule has 0 radical (unpaired) electrons. The molecule has 0 saturated heterocycles. The van der Waals surface area contributed by atoms with E-state index in [1.165, 1.54) is 6.42 Å². The van der Waals surface area contributed by atoms with E-state index >= 15 is 0 Å². The van der Waals surface area contributed by atoms with Crippen molar-refractivity contribution in [3.63, 3.8) is 0 Å². The summed E-state index contributed by atoms with van der Waals surface area (Å²) in [5.74, 6) is 2.20. The van der Waals surface area contributed by atoms with Gasteiger partial charge in [0, 0.05) is 11.8 Å². The molecule has 0 aromatic carbocycles. The van der Waals surface area contributed by atoms with Crippen molar-refractivity contribution in [1.82, 2.24) is 5.32 Å². The zero-order valence-corrected chi connectivity index (χ0v) is 11.1. The van der Waals surface area contributed by atoms with Gasteiger partial charge in [-0.1, -0.05) is 27.7 Å². The minimum atomic E-state index is 0.133. The topological polar surface area (TPSA) is 25.2 Å². The molecule has 0 spiro atoms. The second-order valence-electron chi connectivity index (χ2n) is 5.00. The molecule has 0 aliphatic rings. The SMILES string of the molecule is CCCNCCC(C)(C)c1ccc(CC)o1. The van der Waals surface area contributed by atoms with Crippen LogP contribution in [-0.4, -0.2) is 13.1 Å². The van der Waals surface area contributed by atoms with Crippen LogP contribution in [0.4, 0.5) is 0 Å². The molecule has 1 aromatic rings. The monoisotopic (exact) mass is 223 g/mol. The van der Waals surface area contributed by atoms with Gasteiger partial charge < -0.3 is 9.73 Å². The Morgan fingerprint density at radius 1 is 1.19 bits per heavy atom. The first-order chi connectivity index (χ1) is 7.60. The Morgan fingerprint density at radius 2 is 1.94 bits per heavy atom. The standard InChI is InChI=1S/C14H25NO/c1-5-10-15-11-9-14(3,4)13-8-7-12(6-2)16-13/h7-8,15H,5-6,9-11H2,1-4H3. The van der Waals surface area contributed by atoms with Crippen molar-refractivity contribution in [2.24, 2.45) is 0 Å². The van der Waals surface area contributed by atoms with Crippen LogP contribution in [0.1, 0.15) is 52.1 Å². The molecule has 0 amide bonds. The highest BCUT2D eigenvalue weighted by Gasteiger charge is 2.23. The van der Waals surface area contributed by atoms with Crippen molar-refractivity contribution in [2.45, 2.75) is 52.4 Å². The van der Waals surface area contributed by atoms with Crippen molar-refractivity contribution < 1.29 is 4.42 Å². The smallest absolute Gasteiger partial charge is 0.109 e. The van der Waals surface area contributed by atoms with Crippen molar-refractivity contribution >= 4 is 0 Å². The number of hydrogen-bond donors (Lipinski definition) is 1. The molecule has 0 aliphatic carbocycles. The summed E-state index contributed by atoms with van der Waals surface area (Å²) >= 11 is 0. The molecule has 1 aromatic heterocycles. The van der Waals surface area contributed by atoms with Crippen LogP contribution in [0.15, 0.2) is 16.5 Å². The van der Waals surface area contributed by atoms with E-state index in [9.17, 15) is 0 Å². The minimum absolute atomic E-state index is 0.133. The summed E-state index contributed by atoms with van der Waals surface area (Å²) in [6, 6.07) is 4.22. The van der Waals surface area contributed by atoms with Crippen molar-refractivity contribution in [3.8, 4) is 0 Å². The normalized spacial score (nSPS) is 12.0. The molecule has 16 heavy (non-hydrogen) atoms. The fourth-order valence-electron chi connectivity index (χ4n) is 1.76. The zero-order chi connectivity index (χ0) is 12.0. The molecule has 1 heterocycles. The van der Waals surface area contributed by atoms with Gasteiger partial charge in [0.1, 0.15) is 11.5 Å². The van der Waals surface area contributed by atoms with Crippen LogP contribution >= 0.6 is 0 Å². The van der Waals surface area contributed by atoms with Gasteiger partial charge in [0.25, 0.3) is 0 Å². The van der Waals surface area contributed by atoms with Crippen LogP contribution in [0.3, 0.4) is 0 Å². The van der Waals surface area contributed by atoms with Gasteiger partial charge in [0.2, 0.25) is 0 Å². The lowest BCUT2D eigenvalue weighted by molar-refractivity contribution is 0.345. The van der Waals surface area contributed by atoms with Crippen LogP contribution in [-0.2, 0) is 11.8 Å². The summed E-state index contributed by atoms with van der Waals surface area (Å²) in [5, 5.41) is 3.44. The molecule has 92 valence electrons. The maximum Gasteiger partial charge on any atom is 0.109 e. The largest absolute Gasteiger partial charge is 0.466 e. The second kappa shape index (κ2) is 6.09. The second-order valence-corrected chi connectivity index (χ2v) is 5.00. The molecule has 0 fully saturated rings. The van der Waals surface area contributed by atoms with Crippen LogP contribution < -0.4 is 5.32 Å². The van der Waals surface area contributed by atoms with E-state index in [-0.39, 0.29) is 5.41 Å². The number of nitrogens with one attached hydrogen (secondary N) is 1. The third-order valence-electron chi connectivity index (χ3n) is 3.03. The predicted molar refractivity (Wildman–Crippen MR) is 68.9 cm³/mol. The maximum atomic E-state index is 5.83. The highest BCUT2D eigenvalue weighted by Crippen LogP contribution is 2.28. The Hall–Kier alpha value is -0.760. The van der Waals surface area contributed by atoms with E-state index in [2.05, 4.69) is 45.1 Å². The average molecular weight is 223 g/mol. The van der Waals surface area contributed by atoms with E-state index in [1.54, 1.807) is 0 Å². The van der Waals surface area contributed by atoms with Crippen LogP contribution in [0.5, 0.6) is 0 Å². The van der Waals surface area contributed by atoms with Crippen molar-refractivity contribution in [2.75, 3.05) is 13.1 Å². The van der Waals surface area contributed by atoms with Gasteiger partial charge in [-0.3, -0.25) is 0 Å². The molecule has 2 nitrogen and oxygen atoms in total. The number of aryl methyl sites for hydroxylation is 1. The number of hydrogen-bond acceptors (Lipinski definition) is 2. The summed E-state index contributed by atoms with van der Waals surface area (Å²) in [6.45, 7) is 11.0. The van der Waals surface area contributed by atoms with Gasteiger partial charge in [-0.15, -0.1) is 0 Å². The molecule has 0 bridgehead atoms. The molecule has 2 heteroatoms. The molecule has 0 atom stereocenters. The predicted octanol–water partition coefficient (Wildman–Crippen LogP) is 3.51. The summed E-state index contributed by atoms with van der Waals surface area (Å²) < 4.78 is 5.83. The average Bonchev–Trinajstić information content (AvgIpc) is 2.73. The van der Waals surface area contributed by atoms with E-state index in [4.69, 9.17) is 4.42 Å². The Bertz CT molecular complexity index is 301. The number of furan rings is 1. The van der Waals surface area contributed by atoms with E-state index in [0.29, 0.717) is 0 Å². The molecule has 1 rings (SSSR count). The summed E-state index contributed by atoms with van der Waals surface area (Å²) in [4.78, 5) is 0. The third kappa shape index (κ3) is 3.67. The summed E-state index contributed by atoms with van der Waals surface area (Å²) in [6.07, 6.45) is 3.29. The lowest BCUT2D eigenvalue weighted by Crippen LogP contribution is -2.25. The maximum absolute atomic E-state index is 5.83. The Balaban J connectivity index is 2.48. The van der Waals surface area contributed by atoms with Crippen LogP contribution in [0, 0.1) is 0 Å². The zero-order valence-electron chi connectivity index (χ0n) is 11.1. The van der Waals surface area contributed by atoms with Gasteiger partial charge in [-0.25, -0.2) is 0 Å². The van der Waals surface area contributed by atoms with Crippen molar-refractivity contribution in [3.05, 3.63) is 23.7 Å². The molecule has 1 N–H and O–H groups in total. The van der Waals surface area contributed by atoms with E-state index in [1.807, 2.05) is 0 Å². The summed E-state index contributed by atoms with van der Waals surface area (Å²) in [5.41, 5.74) is 0.133. The van der Waals surface area contributed by atoms with Gasteiger partial charge in [0.05, 0.1) is 0 Å². The van der Waals surface area contributed by atoms with E-state index in [0.717, 1.165) is 37.5 Å². The first kappa shape index (κ1) is 13.3. The van der Waals surface area contributed by atoms with Gasteiger partial charge in [-0.2, -0.15) is 0 Å². The van der Waals surface area contributed by atoms with Crippen LogP contribution in [0.2, 0.25) is 0 Å².